The van der Waals surface area contributed by atoms with Gasteiger partial charge >= 0.3 is 0 Å². The van der Waals surface area contributed by atoms with E-state index in [1.165, 1.54) is 18.3 Å². The van der Waals surface area contributed by atoms with Crippen molar-refractivity contribution in [3.8, 4) is 11.8 Å². The summed E-state index contributed by atoms with van der Waals surface area (Å²) in [6, 6.07) is 6.30. The number of nitriles is 1. The molecule has 2 aromatic rings. The van der Waals surface area contributed by atoms with Crippen molar-refractivity contribution in [3.63, 3.8) is 0 Å². The zero-order valence-electron chi connectivity index (χ0n) is 16.1. The highest BCUT2D eigenvalue weighted by Gasteiger charge is 2.22. The van der Waals surface area contributed by atoms with E-state index in [1.54, 1.807) is 13.0 Å². The number of fused-ring (bicyclic) bond motifs is 3. The summed E-state index contributed by atoms with van der Waals surface area (Å²) in [7, 11) is 0. The highest BCUT2D eigenvalue weighted by Crippen LogP contribution is 2.29. The third-order valence-corrected chi connectivity index (χ3v) is 4.56. The van der Waals surface area contributed by atoms with Gasteiger partial charge in [-0.15, -0.1) is 0 Å². The Morgan fingerprint density at radius 2 is 2.28 bits per heavy atom. The first-order valence-corrected chi connectivity index (χ1v) is 9.15. The Kier molecular flexibility index (Phi) is 5.93. The molecule has 0 saturated carbocycles. The summed E-state index contributed by atoms with van der Waals surface area (Å²) in [5, 5.41) is 12.2. The first-order chi connectivity index (χ1) is 14.0. The monoisotopic (exact) mass is 396 g/mol. The molecule has 3 rings (SSSR count). The number of hydrogen-bond donors (Lipinski definition) is 2. The minimum Gasteiger partial charge on any atom is -0.488 e. The van der Waals surface area contributed by atoms with E-state index < -0.39 is 17.8 Å². The normalized spacial score (nSPS) is 18.4. The maximum atomic E-state index is 14.3. The van der Waals surface area contributed by atoms with E-state index in [2.05, 4.69) is 15.3 Å². The van der Waals surface area contributed by atoms with Crippen molar-refractivity contribution in [3.05, 3.63) is 53.4 Å². The van der Waals surface area contributed by atoms with Gasteiger partial charge in [0.25, 0.3) is 5.91 Å². The lowest BCUT2D eigenvalue weighted by molar-refractivity contribution is -0.116. The lowest BCUT2D eigenvalue weighted by Gasteiger charge is -2.25. The van der Waals surface area contributed by atoms with Crippen molar-refractivity contribution in [2.24, 2.45) is 5.73 Å². The van der Waals surface area contributed by atoms with Crippen LogP contribution in [0.4, 0.5) is 10.2 Å². The van der Waals surface area contributed by atoms with Crippen LogP contribution in [0.2, 0.25) is 0 Å². The van der Waals surface area contributed by atoms with E-state index in [-0.39, 0.29) is 30.1 Å². The van der Waals surface area contributed by atoms with Gasteiger partial charge < -0.3 is 20.7 Å². The molecule has 2 heterocycles. The number of rotatable bonds is 1. The smallest absolute Gasteiger partial charge is 0.256 e. The van der Waals surface area contributed by atoms with E-state index in [4.69, 9.17) is 10.5 Å². The van der Waals surface area contributed by atoms with Gasteiger partial charge in [0, 0.05) is 31.0 Å². The molecule has 1 aromatic carbocycles. The van der Waals surface area contributed by atoms with Crippen LogP contribution in [-0.4, -0.2) is 35.1 Å². The molecule has 3 N–H and O–H groups in total. The van der Waals surface area contributed by atoms with Crippen LogP contribution in [0.5, 0.6) is 5.75 Å². The number of carbonyl (C=O) groups excluding carboxylic acids is 1. The van der Waals surface area contributed by atoms with E-state index >= 15 is 0 Å². The van der Waals surface area contributed by atoms with Crippen LogP contribution >= 0.6 is 0 Å². The summed E-state index contributed by atoms with van der Waals surface area (Å²) in [5.41, 5.74) is 6.12. The van der Waals surface area contributed by atoms with Gasteiger partial charge in [0.1, 0.15) is 29.6 Å². The fraction of sp³-hybridized carbons (Fsp3) is 0.300. The van der Waals surface area contributed by atoms with Crippen molar-refractivity contribution in [1.29, 1.82) is 5.26 Å². The Morgan fingerprint density at radius 1 is 1.48 bits per heavy atom. The summed E-state index contributed by atoms with van der Waals surface area (Å²) >= 11 is 0. The van der Waals surface area contributed by atoms with Crippen LogP contribution < -0.4 is 20.7 Å². The van der Waals surface area contributed by atoms with E-state index in [0.717, 1.165) is 6.20 Å². The molecule has 0 fully saturated rings. The second kappa shape index (κ2) is 8.56. The predicted molar refractivity (Wildman–Crippen MR) is 105 cm³/mol. The molecule has 150 valence electrons. The number of anilines is 1. The molecule has 9 heteroatoms. The minimum atomic E-state index is -0.618. The third-order valence-electron chi connectivity index (χ3n) is 4.56. The predicted octanol–water partition coefficient (Wildman–Crippen LogP) is 1.71. The summed E-state index contributed by atoms with van der Waals surface area (Å²) in [5.74, 6) is 0.0170. The van der Waals surface area contributed by atoms with E-state index in [0.29, 0.717) is 23.7 Å². The summed E-state index contributed by atoms with van der Waals surface area (Å²) in [4.78, 5) is 23.0. The molecule has 1 aliphatic heterocycles. The number of benzene rings is 1. The van der Waals surface area contributed by atoms with Crippen LogP contribution in [0.25, 0.3) is 5.57 Å². The van der Waals surface area contributed by atoms with Gasteiger partial charge in [0.2, 0.25) is 0 Å². The van der Waals surface area contributed by atoms with Gasteiger partial charge in [-0.05, 0) is 32.0 Å². The number of halogens is 1. The molecule has 1 atom stereocenters. The van der Waals surface area contributed by atoms with Crippen LogP contribution in [-0.2, 0) is 11.3 Å². The van der Waals surface area contributed by atoms with Gasteiger partial charge in [-0.1, -0.05) is 0 Å². The Morgan fingerprint density at radius 3 is 2.97 bits per heavy atom. The molecule has 0 saturated heterocycles. The molecule has 8 nitrogen and oxygen atoms in total. The zero-order chi connectivity index (χ0) is 21.0. The highest BCUT2D eigenvalue weighted by atomic mass is 19.1. The first kappa shape index (κ1) is 20.1. The Balaban J connectivity index is 2.17. The molecule has 1 aliphatic rings. The third kappa shape index (κ3) is 4.11. The largest absolute Gasteiger partial charge is 0.488 e. The average Bonchev–Trinajstić information content (AvgIpc) is 2.72. The number of ether oxygens (including phenoxy) is 1. The van der Waals surface area contributed by atoms with Crippen molar-refractivity contribution in [2.45, 2.75) is 26.5 Å². The van der Waals surface area contributed by atoms with Crippen molar-refractivity contribution in [2.75, 3.05) is 18.0 Å². The van der Waals surface area contributed by atoms with Gasteiger partial charge in [0.05, 0.1) is 17.7 Å². The summed E-state index contributed by atoms with van der Waals surface area (Å²) in [6.45, 7) is 4.55. The van der Waals surface area contributed by atoms with Crippen LogP contribution in [0, 0.1) is 17.1 Å². The van der Waals surface area contributed by atoms with Crippen molar-refractivity contribution < 1.29 is 13.9 Å². The SMILES string of the molecule is CCN1Cc2c(ccc(F)c2C#N)O[C@@H](C)CNC(=O)C(=CN)c2nccc1n2. The van der Waals surface area contributed by atoms with Gasteiger partial charge in [-0.25, -0.2) is 14.4 Å². The fourth-order valence-electron chi connectivity index (χ4n) is 3.03. The lowest BCUT2D eigenvalue weighted by atomic mass is 10.1. The quantitative estimate of drug-likeness (QED) is 0.705. The highest BCUT2D eigenvalue weighted by molar-refractivity contribution is 6.18. The molecule has 29 heavy (non-hydrogen) atoms. The fourth-order valence-corrected chi connectivity index (χ4v) is 3.03. The molecule has 0 unspecified atom stereocenters. The maximum Gasteiger partial charge on any atom is 0.256 e. The van der Waals surface area contributed by atoms with Gasteiger partial charge in [-0.3, -0.25) is 4.79 Å². The molecule has 0 aliphatic carbocycles. The second-order valence-electron chi connectivity index (χ2n) is 6.48. The van der Waals surface area contributed by atoms with Gasteiger partial charge in [-0.2, -0.15) is 5.26 Å². The molecule has 1 amide bonds. The summed E-state index contributed by atoms with van der Waals surface area (Å²) < 4.78 is 20.2. The Labute approximate surface area is 167 Å². The van der Waals surface area contributed by atoms with Gasteiger partial charge in [0.15, 0.2) is 5.82 Å². The Bertz CT molecular complexity index is 1000. The molecular weight excluding hydrogens is 375 g/mol. The van der Waals surface area contributed by atoms with E-state index in [9.17, 15) is 14.4 Å². The summed E-state index contributed by atoms with van der Waals surface area (Å²) in [6.07, 6.45) is 2.25. The lowest BCUT2D eigenvalue weighted by Crippen LogP contribution is -2.34. The number of hydrogen-bond acceptors (Lipinski definition) is 7. The van der Waals surface area contributed by atoms with E-state index in [1.807, 2.05) is 17.9 Å². The van der Waals surface area contributed by atoms with Crippen LogP contribution in [0.3, 0.4) is 0 Å². The number of carbonyl (C=O) groups is 1. The second-order valence-corrected chi connectivity index (χ2v) is 6.48. The zero-order valence-corrected chi connectivity index (χ0v) is 16.1. The maximum absolute atomic E-state index is 14.3. The number of aromatic nitrogens is 2. The molecule has 0 radical (unpaired) electrons. The standard InChI is InChI=1S/C20H21FN6O2/c1-3-27-11-15-13(8-22)16(21)4-5-17(15)29-12(2)10-25-20(28)14(9-23)19-24-7-6-18(27)26-19/h4-7,9,12H,3,10-11,23H2,1-2H3,(H,25,28)/t12-/m0/s1. The number of amides is 1. The van der Waals surface area contributed by atoms with Crippen LogP contribution in [0.1, 0.15) is 30.8 Å². The number of nitrogens with zero attached hydrogens (tertiary/aromatic N) is 4. The van der Waals surface area contributed by atoms with Crippen molar-refractivity contribution >= 4 is 17.3 Å². The number of nitrogens with two attached hydrogens (primary N) is 1. The average molecular weight is 396 g/mol. The molecular formula is C20H21FN6O2. The van der Waals surface area contributed by atoms with Crippen LogP contribution in [0.15, 0.2) is 30.6 Å². The molecule has 1 aromatic heterocycles. The molecule has 2 bridgehead atoms. The molecule has 0 spiro atoms. The first-order valence-electron chi connectivity index (χ1n) is 9.15. The Hall–Kier alpha value is -3.67. The minimum absolute atomic E-state index is 0.0797. The van der Waals surface area contributed by atoms with Crippen molar-refractivity contribution in [1.82, 2.24) is 15.3 Å². The topological polar surface area (TPSA) is 117 Å². The number of nitrogens with one attached hydrogen (secondary N) is 1.